The molecule has 1 aromatic heterocycles. The highest BCUT2D eigenvalue weighted by atomic mass is 32.2. The Balaban J connectivity index is 2.18. The van der Waals surface area contributed by atoms with Crippen molar-refractivity contribution in [3.63, 3.8) is 0 Å². The van der Waals surface area contributed by atoms with Crippen molar-refractivity contribution in [1.82, 2.24) is 10.2 Å². The molecule has 1 amide bonds. The first-order valence-electron chi connectivity index (χ1n) is 5.54. The summed E-state index contributed by atoms with van der Waals surface area (Å²) in [7, 11) is 0. The summed E-state index contributed by atoms with van der Waals surface area (Å²) >= 11 is 3.02. The van der Waals surface area contributed by atoms with E-state index >= 15 is 0 Å². The first-order valence-corrected chi connectivity index (χ1v) is 7.34. The molecule has 0 saturated carbocycles. The first-order chi connectivity index (χ1) is 8.70. The Hall–Kier alpha value is -1.40. The van der Waals surface area contributed by atoms with E-state index in [4.69, 9.17) is 0 Å². The summed E-state index contributed by atoms with van der Waals surface area (Å²) in [5.41, 5.74) is 0.678. The van der Waals surface area contributed by atoms with Crippen molar-refractivity contribution in [1.29, 1.82) is 0 Å². The number of carbonyl (C=O) groups is 1. The van der Waals surface area contributed by atoms with Crippen LogP contribution in [0.1, 0.15) is 22.3 Å². The number of nitrogens with zero attached hydrogens (tertiary/aromatic N) is 2. The number of benzene rings is 1. The summed E-state index contributed by atoms with van der Waals surface area (Å²) in [5.74, 6) is 0.796. The van der Waals surface area contributed by atoms with Crippen LogP contribution in [-0.4, -0.2) is 21.9 Å². The van der Waals surface area contributed by atoms with Crippen LogP contribution in [0.15, 0.2) is 29.2 Å². The summed E-state index contributed by atoms with van der Waals surface area (Å²) in [4.78, 5) is 13.1. The van der Waals surface area contributed by atoms with Crippen LogP contribution in [0.25, 0.3) is 0 Å². The van der Waals surface area contributed by atoms with Crippen molar-refractivity contribution < 1.29 is 4.79 Å². The highest BCUT2D eigenvalue weighted by Crippen LogP contribution is 2.23. The highest BCUT2D eigenvalue weighted by Gasteiger charge is 2.12. The maximum absolute atomic E-state index is 12.1. The zero-order valence-electron chi connectivity index (χ0n) is 10.1. The Bertz CT molecular complexity index is 554. The maximum Gasteiger partial charge on any atom is 0.258 e. The molecule has 0 fully saturated rings. The van der Waals surface area contributed by atoms with Crippen LogP contribution < -0.4 is 5.32 Å². The third-order valence-electron chi connectivity index (χ3n) is 2.18. The van der Waals surface area contributed by atoms with Gasteiger partial charge in [-0.05, 0) is 24.8 Å². The van der Waals surface area contributed by atoms with Crippen molar-refractivity contribution >= 4 is 34.1 Å². The third-order valence-corrected chi connectivity index (χ3v) is 3.89. The number of anilines is 1. The fourth-order valence-corrected chi connectivity index (χ4v) is 2.84. The molecule has 0 aliphatic rings. The molecule has 18 heavy (non-hydrogen) atoms. The molecule has 0 spiro atoms. The van der Waals surface area contributed by atoms with E-state index in [1.807, 2.05) is 31.2 Å². The monoisotopic (exact) mass is 279 g/mol. The van der Waals surface area contributed by atoms with E-state index in [1.165, 1.54) is 11.3 Å². The predicted octanol–water partition coefficient (Wildman–Crippen LogP) is 3.21. The number of thioether (sulfide) groups is 1. The number of carbonyl (C=O) groups excluding carboxylic acids is 1. The van der Waals surface area contributed by atoms with Crippen LogP contribution >= 0.6 is 23.1 Å². The van der Waals surface area contributed by atoms with Crippen LogP contribution in [0.2, 0.25) is 0 Å². The molecule has 1 aromatic carbocycles. The summed E-state index contributed by atoms with van der Waals surface area (Å²) in [5, 5.41) is 11.9. The fraction of sp³-hybridized carbons (Fsp3) is 0.250. The lowest BCUT2D eigenvalue weighted by atomic mass is 10.2. The number of hydrogen-bond donors (Lipinski definition) is 1. The quantitative estimate of drug-likeness (QED) is 0.873. The van der Waals surface area contributed by atoms with E-state index in [-0.39, 0.29) is 5.91 Å². The van der Waals surface area contributed by atoms with E-state index in [1.54, 1.807) is 11.8 Å². The van der Waals surface area contributed by atoms with Crippen LogP contribution in [-0.2, 0) is 0 Å². The fourth-order valence-electron chi connectivity index (χ4n) is 1.45. The van der Waals surface area contributed by atoms with Gasteiger partial charge in [0.25, 0.3) is 5.91 Å². The summed E-state index contributed by atoms with van der Waals surface area (Å²) < 4.78 is 0. The maximum atomic E-state index is 12.1. The standard InChI is InChI=1S/C12H13N3OS2/c1-3-17-10-7-5-4-6-9(10)11(16)13-12-15-14-8(2)18-12/h4-7H,3H2,1-2H3,(H,13,15,16). The number of amides is 1. The van der Waals surface area contributed by atoms with Crippen molar-refractivity contribution in [2.75, 3.05) is 11.1 Å². The first kappa shape index (κ1) is 13.0. The normalized spacial score (nSPS) is 10.3. The molecule has 2 aromatic rings. The third kappa shape index (κ3) is 3.08. The van der Waals surface area contributed by atoms with Crippen molar-refractivity contribution in [2.24, 2.45) is 0 Å². The average molecular weight is 279 g/mol. The molecular weight excluding hydrogens is 266 g/mol. The molecule has 1 N–H and O–H groups in total. The lowest BCUT2D eigenvalue weighted by Gasteiger charge is -2.06. The molecule has 0 atom stereocenters. The van der Waals surface area contributed by atoms with Crippen LogP contribution in [0.3, 0.4) is 0 Å². The Morgan fingerprint density at radius 1 is 1.39 bits per heavy atom. The molecule has 0 aliphatic heterocycles. The van der Waals surface area contributed by atoms with Crippen LogP contribution in [0.5, 0.6) is 0 Å². The van der Waals surface area contributed by atoms with Gasteiger partial charge in [-0.3, -0.25) is 10.1 Å². The Kier molecular flexibility index (Phi) is 4.33. The molecule has 0 unspecified atom stereocenters. The minimum atomic E-state index is -0.136. The topological polar surface area (TPSA) is 54.9 Å². The second-order valence-corrected chi connectivity index (χ2v) is 6.00. The van der Waals surface area contributed by atoms with E-state index in [2.05, 4.69) is 22.4 Å². The average Bonchev–Trinajstić information content (AvgIpc) is 2.76. The molecule has 2 rings (SSSR count). The minimum Gasteiger partial charge on any atom is -0.296 e. The second kappa shape index (κ2) is 5.97. The number of hydrogen-bond acceptors (Lipinski definition) is 5. The van der Waals surface area contributed by atoms with Crippen molar-refractivity contribution in [3.05, 3.63) is 34.8 Å². The molecule has 4 nitrogen and oxygen atoms in total. The number of aromatic nitrogens is 2. The van der Waals surface area contributed by atoms with Gasteiger partial charge in [0.05, 0.1) is 5.56 Å². The number of aryl methyl sites for hydroxylation is 1. The molecule has 1 heterocycles. The smallest absolute Gasteiger partial charge is 0.258 e. The lowest BCUT2D eigenvalue weighted by molar-refractivity contribution is 0.102. The summed E-state index contributed by atoms with van der Waals surface area (Å²) in [6.07, 6.45) is 0. The zero-order chi connectivity index (χ0) is 13.0. The molecular formula is C12H13N3OS2. The Morgan fingerprint density at radius 2 is 2.17 bits per heavy atom. The lowest BCUT2D eigenvalue weighted by Crippen LogP contribution is -2.12. The van der Waals surface area contributed by atoms with Gasteiger partial charge in [0.15, 0.2) is 0 Å². The molecule has 6 heteroatoms. The minimum absolute atomic E-state index is 0.136. The van der Waals surface area contributed by atoms with Gasteiger partial charge >= 0.3 is 0 Å². The van der Waals surface area contributed by atoms with Gasteiger partial charge in [-0.15, -0.1) is 22.0 Å². The molecule has 0 radical (unpaired) electrons. The number of rotatable bonds is 4. The molecule has 0 saturated heterocycles. The highest BCUT2D eigenvalue weighted by molar-refractivity contribution is 7.99. The SMILES string of the molecule is CCSc1ccccc1C(=O)Nc1nnc(C)s1. The van der Waals surface area contributed by atoms with Gasteiger partial charge < -0.3 is 0 Å². The van der Waals surface area contributed by atoms with E-state index in [9.17, 15) is 4.79 Å². The van der Waals surface area contributed by atoms with Crippen LogP contribution in [0.4, 0.5) is 5.13 Å². The Morgan fingerprint density at radius 3 is 2.83 bits per heavy atom. The van der Waals surface area contributed by atoms with E-state index < -0.39 is 0 Å². The van der Waals surface area contributed by atoms with E-state index in [0.29, 0.717) is 10.7 Å². The van der Waals surface area contributed by atoms with E-state index in [0.717, 1.165) is 15.7 Å². The van der Waals surface area contributed by atoms with Gasteiger partial charge in [0, 0.05) is 4.90 Å². The van der Waals surface area contributed by atoms with Crippen molar-refractivity contribution in [3.8, 4) is 0 Å². The number of nitrogens with one attached hydrogen (secondary N) is 1. The largest absolute Gasteiger partial charge is 0.296 e. The zero-order valence-corrected chi connectivity index (χ0v) is 11.8. The molecule has 0 bridgehead atoms. The van der Waals surface area contributed by atoms with Gasteiger partial charge in [0.2, 0.25) is 5.13 Å². The Labute approximate surface area is 114 Å². The predicted molar refractivity (Wildman–Crippen MR) is 75.4 cm³/mol. The van der Waals surface area contributed by atoms with Gasteiger partial charge in [-0.1, -0.05) is 30.4 Å². The van der Waals surface area contributed by atoms with Crippen molar-refractivity contribution in [2.45, 2.75) is 18.7 Å². The molecule has 94 valence electrons. The van der Waals surface area contributed by atoms with Crippen LogP contribution in [0, 0.1) is 6.92 Å². The summed E-state index contributed by atoms with van der Waals surface area (Å²) in [6.45, 7) is 3.92. The van der Waals surface area contributed by atoms with Gasteiger partial charge in [0.1, 0.15) is 5.01 Å². The molecule has 0 aliphatic carbocycles. The summed E-state index contributed by atoms with van der Waals surface area (Å²) in [6, 6.07) is 7.57. The van der Waals surface area contributed by atoms with Gasteiger partial charge in [-0.25, -0.2) is 0 Å². The van der Waals surface area contributed by atoms with Gasteiger partial charge in [-0.2, -0.15) is 0 Å². The second-order valence-electron chi connectivity index (χ2n) is 3.51.